The van der Waals surface area contributed by atoms with E-state index < -0.39 is 0 Å². The number of para-hydroxylation sites is 2. The first kappa shape index (κ1) is 25.6. The van der Waals surface area contributed by atoms with Crippen molar-refractivity contribution in [3.05, 3.63) is 129 Å². The summed E-state index contributed by atoms with van der Waals surface area (Å²) < 4.78 is 4.45. The molecule has 202 valence electrons. The molecule has 0 aliphatic carbocycles. The number of benzene rings is 5. The lowest BCUT2D eigenvalue weighted by molar-refractivity contribution is 0.630. The van der Waals surface area contributed by atoms with Crippen LogP contribution in [0, 0.1) is 0 Å². The van der Waals surface area contributed by atoms with E-state index in [1.165, 1.54) is 38.6 Å². The lowest BCUT2D eigenvalue weighted by Gasteiger charge is -2.35. The van der Waals surface area contributed by atoms with E-state index in [1.54, 1.807) is 0 Å². The van der Waals surface area contributed by atoms with Crippen LogP contribution in [0.5, 0.6) is 0 Å². The van der Waals surface area contributed by atoms with E-state index in [2.05, 4.69) is 111 Å². The average molecular weight is 672 g/mol. The molecule has 5 aromatic carbocycles. The molecule has 7 aromatic rings. The predicted molar refractivity (Wildman–Crippen MR) is 178 cm³/mol. The van der Waals surface area contributed by atoms with Crippen LogP contribution in [-0.4, -0.2) is 19.5 Å². The topological polar surface area (TPSA) is 43.6 Å². The smallest absolute Gasteiger partial charge is 0.164 e. The van der Waals surface area contributed by atoms with Gasteiger partial charge in [0.1, 0.15) is 0 Å². The zero-order valence-corrected chi connectivity index (χ0v) is 26.1. The summed E-state index contributed by atoms with van der Waals surface area (Å²) in [5, 5.41) is 2.57. The van der Waals surface area contributed by atoms with Crippen LogP contribution in [0.4, 0.5) is 0 Å². The second kappa shape index (κ2) is 9.45. The SMILES string of the molecule is CC1(C)c2cc(-c3nc(-c4ccc(Br)cc4)nc(-c4ccc(Br)cc4)n3)ccc2-n2c3ccccc3c3cccc1c32. The Morgan fingerprint density at radius 2 is 1.10 bits per heavy atom. The van der Waals surface area contributed by atoms with E-state index in [9.17, 15) is 0 Å². The maximum Gasteiger partial charge on any atom is 0.164 e. The van der Waals surface area contributed by atoms with Crippen LogP contribution in [0.1, 0.15) is 25.0 Å². The Hall–Kier alpha value is -4.13. The fourth-order valence-electron chi connectivity index (χ4n) is 6.25. The van der Waals surface area contributed by atoms with Crippen molar-refractivity contribution in [2.24, 2.45) is 0 Å². The third-order valence-electron chi connectivity index (χ3n) is 8.38. The molecule has 8 rings (SSSR count). The fraction of sp³-hybridized carbons (Fsp3) is 0.0833. The van der Waals surface area contributed by atoms with Crippen molar-refractivity contribution >= 4 is 53.7 Å². The molecular formula is C36H24Br2N4. The molecule has 0 unspecified atom stereocenters. The van der Waals surface area contributed by atoms with Gasteiger partial charge in [-0.3, -0.25) is 0 Å². The molecule has 0 N–H and O–H groups in total. The fourth-order valence-corrected chi connectivity index (χ4v) is 6.78. The highest BCUT2D eigenvalue weighted by Crippen LogP contribution is 2.48. The van der Waals surface area contributed by atoms with Crippen molar-refractivity contribution in [1.82, 2.24) is 19.5 Å². The first-order valence-electron chi connectivity index (χ1n) is 13.8. The minimum Gasteiger partial charge on any atom is -0.309 e. The quantitative estimate of drug-likeness (QED) is 0.188. The van der Waals surface area contributed by atoms with Crippen LogP contribution in [0.3, 0.4) is 0 Å². The van der Waals surface area contributed by atoms with Gasteiger partial charge in [0.2, 0.25) is 0 Å². The van der Waals surface area contributed by atoms with Crippen LogP contribution in [0.15, 0.2) is 118 Å². The molecule has 42 heavy (non-hydrogen) atoms. The molecule has 0 bridgehead atoms. The molecule has 1 aliphatic rings. The van der Waals surface area contributed by atoms with E-state index in [1.807, 2.05) is 48.5 Å². The predicted octanol–water partition coefficient (Wildman–Crippen LogP) is 10.1. The van der Waals surface area contributed by atoms with Crippen molar-refractivity contribution < 1.29 is 0 Å². The number of aromatic nitrogens is 4. The van der Waals surface area contributed by atoms with Crippen molar-refractivity contribution in [1.29, 1.82) is 0 Å². The molecule has 0 saturated carbocycles. The number of fused-ring (bicyclic) bond motifs is 5. The molecule has 0 amide bonds. The molecular weight excluding hydrogens is 648 g/mol. The molecule has 0 saturated heterocycles. The van der Waals surface area contributed by atoms with Crippen LogP contribution < -0.4 is 0 Å². The second-order valence-corrected chi connectivity index (χ2v) is 13.1. The lowest BCUT2D eigenvalue weighted by atomic mass is 9.74. The van der Waals surface area contributed by atoms with Gasteiger partial charge in [-0.25, -0.2) is 15.0 Å². The minimum absolute atomic E-state index is 0.217. The molecule has 0 radical (unpaired) electrons. The summed E-state index contributed by atoms with van der Waals surface area (Å²) in [6.45, 7) is 4.64. The van der Waals surface area contributed by atoms with E-state index in [4.69, 9.17) is 15.0 Å². The number of hydrogen-bond donors (Lipinski definition) is 0. The molecule has 2 aromatic heterocycles. The van der Waals surface area contributed by atoms with Gasteiger partial charge in [-0.2, -0.15) is 0 Å². The van der Waals surface area contributed by atoms with Crippen molar-refractivity contribution in [2.45, 2.75) is 19.3 Å². The average Bonchev–Trinajstić information content (AvgIpc) is 3.35. The summed E-state index contributed by atoms with van der Waals surface area (Å²) in [6, 6.07) is 38.2. The molecule has 6 heteroatoms. The van der Waals surface area contributed by atoms with Crippen molar-refractivity contribution in [2.75, 3.05) is 0 Å². The highest BCUT2D eigenvalue weighted by Gasteiger charge is 2.35. The van der Waals surface area contributed by atoms with E-state index in [0.717, 1.165) is 25.6 Å². The third kappa shape index (κ3) is 3.89. The summed E-state index contributed by atoms with van der Waals surface area (Å²) >= 11 is 7.09. The normalized spacial score (nSPS) is 13.4. The van der Waals surface area contributed by atoms with Crippen LogP contribution >= 0.6 is 31.9 Å². The van der Waals surface area contributed by atoms with Gasteiger partial charge in [0, 0.05) is 41.8 Å². The van der Waals surface area contributed by atoms with Crippen molar-refractivity contribution in [3.63, 3.8) is 0 Å². The van der Waals surface area contributed by atoms with Gasteiger partial charge < -0.3 is 4.57 Å². The molecule has 3 heterocycles. The van der Waals surface area contributed by atoms with Crippen molar-refractivity contribution in [3.8, 4) is 39.9 Å². The summed E-state index contributed by atoms with van der Waals surface area (Å²) in [6.07, 6.45) is 0. The van der Waals surface area contributed by atoms with Gasteiger partial charge in [0.05, 0.1) is 16.7 Å². The zero-order chi connectivity index (χ0) is 28.6. The van der Waals surface area contributed by atoms with Gasteiger partial charge >= 0.3 is 0 Å². The number of halogens is 2. The number of hydrogen-bond acceptors (Lipinski definition) is 3. The number of rotatable bonds is 3. The number of nitrogens with zero attached hydrogens (tertiary/aromatic N) is 4. The van der Waals surface area contributed by atoms with E-state index in [0.29, 0.717) is 17.5 Å². The van der Waals surface area contributed by atoms with Gasteiger partial charge in [-0.05, 0) is 59.7 Å². The Bertz CT molecular complexity index is 2120. The summed E-state index contributed by atoms with van der Waals surface area (Å²) in [4.78, 5) is 14.9. The Morgan fingerprint density at radius 1 is 0.548 bits per heavy atom. The minimum atomic E-state index is -0.217. The maximum atomic E-state index is 5.01. The Morgan fingerprint density at radius 3 is 1.74 bits per heavy atom. The van der Waals surface area contributed by atoms with Crippen LogP contribution in [0.2, 0.25) is 0 Å². The maximum absolute atomic E-state index is 5.01. The summed E-state index contributed by atoms with van der Waals surface area (Å²) in [5.74, 6) is 1.94. The first-order valence-corrected chi connectivity index (χ1v) is 15.4. The van der Waals surface area contributed by atoms with Crippen LogP contribution in [0.25, 0.3) is 61.7 Å². The Kier molecular flexibility index (Phi) is 5.75. The highest BCUT2D eigenvalue weighted by molar-refractivity contribution is 9.10. The molecule has 0 atom stereocenters. The van der Waals surface area contributed by atoms with Gasteiger partial charge in [-0.15, -0.1) is 0 Å². The van der Waals surface area contributed by atoms with E-state index in [-0.39, 0.29) is 5.41 Å². The van der Waals surface area contributed by atoms with Crippen LogP contribution in [-0.2, 0) is 5.41 Å². The molecule has 0 fully saturated rings. The highest BCUT2D eigenvalue weighted by atomic mass is 79.9. The lowest BCUT2D eigenvalue weighted by Crippen LogP contribution is -2.26. The largest absolute Gasteiger partial charge is 0.309 e. The molecule has 1 aliphatic heterocycles. The molecule has 0 spiro atoms. The summed E-state index contributed by atoms with van der Waals surface area (Å²) in [5.41, 5.74) is 8.91. The van der Waals surface area contributed by atoms with E-state index >= 15 is 0 Å². The second-order valence-electron chi connectivity index (χ2n) is 11.2. The van der Waals surface area contributed by atoms with Gasteiger partial charge in [-0.1, -0.05) is 106 Å². The third-order valence-corrected chi connectivity index (χ3v) is 9.43. The zero-order valence-electron chi connectivity index (χ0n) is 22.9. The Balaban J connectivity index is 1.36. The molecule has 4 nitrogen and oxygen atoms in total. The van der Waals surface area contributed by atoms with Gasteiger partial charge in [0.15, 0.2) is 17.5 Å². The summed E-state index contributed by atoms with van der Waals surface area (Å²) in [7, 11) is 0. The monoisotopic (exact) mass is 670 g/mol. The van der Waals surface area contributed by atoms with Gasteiger partial charge in [0.25, 0.3) is 0 Å². The first-order chi connectivity index (χ1) is 20.4. The Labute approximate surface area is 260 Å². The standard InChI is InChI=1S/C36H24Br2N4/c1-36(2)28-8-5-7-27-26-6-3-4-9-30(26)42(32(27)28)31-19-14-23(20-29(31)36)35-40-33(21-10-15-24(37)16-11-21)39-34(41-35)22-12-17-25(38)18-13-22/h3-20H,1-2H3.